The zero-order chi connectivity index (χ0) is 19.4. The molecule has 1 amide bonds. The molecular weight excluding hydrogens is 340 g/mol. The molecule has 0 aliphatic carbocycles. The van der Waals surface area contributed by atoms with Crippen LogP contribution in [0.4, 0.5) is 5.69 Å². The second kappa shape index (κ2) is 7.91. The van der Waals surface area contributed by atoms with Crippen molar-refractivity contribution in [1.29, 1.82) is 0 Å². The highest BCUT2D eigenvalue weighted by atomic mass is 16.5. The summed E-state index contributed by atoms with van der Waals surface area (Å²) in [5, 5.41) is 2.80. The van der Waals surface area contributed by atoms with Gasteiger partial charge in [0.15, 0.2) is 5.43 Å². The lowest BCUT2D eigenvalue weighted by atomic mass is 10.1. The molecular formula is C22H22N2O3. The molecule has 0 atom stereocenters. The van der Waals surface area contributed by atoms with Crippen molar-refractivity contribution in [2.75, 3.05) is 12.4 Å². The lowest BCUT2D eigenvalue weighted by Gasteiger charge is -2.19. The number of hydrogen-bond donors (Lipinski definition) is 1. The summed E-state index contributed by atoms with van der Waals surface area (Å²) in [5.74, 6) is 0.364. The van der Waals surface area contributed by atoms with Crippen molar-refractivity contribution >= 4 is 11.6 Å². The van der Waals surface area contributed by atoms with Crippen molar-refractivity contribution in [2.45, 2.75) is 20.4 Å². The van der Waals surface area contributed by atoms with Gasteiger partial charge in [-0.15, -0.1) is 0 Å². The van der Waals surface area contributed by atoms with Crippen molar-refractivity contribution in [1.82, 2.24) is 4.57 Å². The number of rotatable bonds is 5. The van der Waals surface area contributed by atoms with Crippen LogP contribution in [0.5, 0.6) is 5.75 Å². The van der Waals surface area contributed by atoms with E-state index in [1.807, 2.05) is 54.0 Å². The number of ether oxygens (including phenoxy) is 1. The Bertz CT molecular complexity index is 1020. The fraction of sp³-hybridized carbons (Fsp3) is 0.182. The maximum absolute atomic E-state index is 12.7. The first-order valence-electron chi connectivity index (χ1n) is 8.70. The molecule has 5 nitrogen and oxygen atoms in total. The molecule has 3 aromatic rings. The first-order chi connectivity index (χ1) is 13.0. The Kier molecular flexibility index (Phi) is 5.41. The number of nitrogens with one attached hydrogen (secondary N) is 1. The molecule has 1 heterocycles. The maximum atomic E-state index is 12.7. The van der Waals surface area contributed by atoms with E-state index in [1.54, 1.807) is 26.2 Å². The number of nitrogens with zero attached hydrogens (tertiary/aromatic N) is 1. The average Bonchev–Trinajstić information content (AvgIpc) is 2.66. The minimum absolute atomic E-state index is 0.152. The Labute approximate surface area is 158 Å². The van der Waals surface area contributed by atoms with Crippen LogP contribution in [-0.2, 0) is 6.54 Å². The zero-order valence-corrected chi connectivity index (χ0v) is 15.7. The van der Waals surface area contributed by atoms with Gasteiger partial charge >= 0.3 is 0 Å². The molecule has 0 saturated heterocycles. The van der Waals surface area contributed by atoms with Crippen molar-refractivity contribution in [3.05, 3.63) is 93.4 Å². The monoisotopic (exact) mass is 362 g/mol. The second-order valence-corrected chi connectivity index (χ2v) is 6.33. The summed E-state index contributed by atoms with van der Waals surface area (Å²) in [5.41, 5.74) is 2.91. The highest BCUT2D eigenvalue weighted by Gasteiger charge is 2.18. The van der Waals surface area contributed by atoms with Crippen molar-refractivity contribution < 1.29 is 9.53 Å². The third kappa shape index (κ3) is 3.92. The van der Waals surface area contributed by atoms with E-state index in [1.165, 1.54) is 6.07 Å². The number of amides is 1. The van der Waals surface area contributed by atoms with Crippen LogP contribution in [0.25, 0.3) is 0 Å². The molecule has 1 N–H and O–H groups in total. The third-order valence-electron chi connectivity index (χ3n) is 4.56. The first kappa shape index (κ1) is 18.5. The van der Waals surface area contributed by atoms with E-state index in [-0.39, 0.29) is 11.0 Å². The van der Waals surface area contributed by atoms with Gasteiger partial charge in [-0.2, -0.15) is 0 Å². The fourth-order valence-corrected chi connectivity index (χ4v) is 3.16. The number of anilines is 1. The molecule has 2 aromatic carbocycles. The maximum Gasteiger partial charge on any atom is 0.261 e. The number of aromatic nitrogens is 1. The van der Waals surface area contributed by atoms with Crippen LogP contribution in [0.2, 0.25) is 0 Å². The van der Waals surface area contributed by atoms with Crippen LogP contribution in [0.15, 0.2) is 65.5 Å². The Morgan fingerprint density at radius 2 is 1.70 bits per heavy atom. The highest BCUT2D eigenvalue weighted by Crippen LogP contribution is 2.21. The van der Waals surface area contributed by atoms with Crippen LogP contribution >= 0.6 is 0 Å². The number of benzene rings is 2. The molecule has 0 spiro atoms. The zero-order valence-electron chi connectivity index (χ0n) is 15.7. The first-order valence-corrected chi connectivity index (χ1v) is 8.70. The molecule has 0 radical (unpaired) electrons. The summed E-state index contributed by atoms with van der Waals surface area (Å²) in [6, 6.07) is 18.3. The molecule has 1 aromatic heterocycles. The summed E-state index contributed by atoms with van der Waals surface area (Å²) < 4.78 is 7.38. The Balaban J connectivity index is 2.00. The molecule has 0 aliphatic heterocycles. The largest absolute Gasteiger partial charge is 0.496 e. The van der Waals surface area contributed by atoms with Gasteiger partial charge in [-0.3, -0.25) is 9.59 Å². The average molecular weight is 362 g/mol. The van der Waals surface area contributed by atoms with E-state index < -0.39 is 5.91 Å². The molecule has 3 rings (SSSR count). The SMILES string of the molecule is COc1ccccc1Cn1c(C)cc(=O)c(C(=O)Nc2ccccc2)c1C. The number of carbonyl (C=O) groups excluding carboxylic acids is 1. The summed E-state index contributed by atoms with van der Waals surface area (Å²) in [6.45, 7) is 4.17. The molecule has 5 heteroatoms. The Morgan fingerprint density at radius 3 is 2.41 bits per heavy atom. The van der Waals surface area contributed by atoms with E-state index in [0.29, 0.717) is 17.9 Å². The standard InChI is InChI=1S/C22H22N2O3/c1-15-13-19(25)21(22(26)23-18-10-5-4-6-11-18)16(2)24(15)14-17-9-7-8-12-20(17)27-3/h4-13H,14H2,1-3H3,(H,23,26). The fourth-order valence-electron chi connectivity index (χ4n) is 3.16. The number of para-hydroxylation sites is 2. The lowest BCUT2D eigenvalue weighted by molar-refractivity contribution is 0.102. The number of aryl methyl sites for hydroxylation is 1. The Hall–Kier alpha value is -3.34. The van der Waals surface area contributed by atoms with Gasteiger partial charge in [0, 0.05) is 28.7 Å². The van der Waals surface area contributed by atoms with Gasteiger partial charge in [0.2, 0.25) is 0 Å². The predicted octanol–water partition coefficient (Wildman–Crippen LogP) is 3.77. The summed E-state index contributed by atoms with van der Waals surface area (Å²) in [6.07, 6.45) is 0. The Morgan fingerprint density at radius 1 is 1.04 bits per heavy atom. The van der Waals surface area contributed by atoms with Gasteiger partial charge in [-0.1, -0.05) is 36.4 Å². The molecule has 0 bridgehead atoms. The summed E-state index contributed by atoms with van der Waals surface area (Å²) >= 11 is 0. The van der Waals surface area contributed by atoms with Crippen molar-refractivity contribution in [3.63, 3.8) is 0 Å². The van der Waals surface area contributed by atoms with Gasteiger partial charge in [0.25, 0.3) is 5.91 Å². The second-order valence-electron chi connectivity index (χ2n) is 6.33. The smallest absolute Gasteiger partial charge is 0.261 e. The van der Waals surface area contributed by atoms with Gasteiger partial charge in [-0.25, -0.2) is 0 Å². The summed E-state index contributed by atoms with van der Waals surface area (Å²) in [7, 11) is 1.63. The van der Waals surface area contributed by atoms with Crippen LogP contribution in [0.1, 0.15) is 27.3 Å². The van der Waals surface area contributed by atoms with Gasteiger partial charge in [0.1, 0.15) is 11.3 Å². The molecule has 0 unspecified atom stereocenters. The number of carbonyl (C=O) groups is 1. The van der Waals surface area contributed by atoms with E-state index in [2.05, 4.69) is 5.32 Å². The van der Waals surface area contributed by atoms with Crippen LogP contribution in [-0.4, -0.2) is 17.6 Å². The molecule has 0 fully saturated rings. The van der Waals surface area contributed by atoms with E-state index in [0.717, 1.165) is 17.0 Å². The quantitative estimate of drug-likeness (QED) is 0.751. The number of methoxy groups -OCH3 is 1. The molecule has 0 aliphatic rings. The molecule has 138 valence electrons. The van der Waals surface area contributed by atoms with Crippen LogP contribution < -0.4 is 15.5 Å². The third-order valence-corrected chi connectivity index (χ3v) is 4.56. The highest BCUT2D eigenvalue weighted by molar-refractivity contribution is 6.04. The number of hydrogen-bond acceptors (Lipinski definition) is 3. The lowest BCUT2D eigenvalue weighted by Crippen LogP contribution is -2.27. The molecule has 0 saturated carbocycles. The number of pyridine rings is 1. The minimum Gasteiger partial charge on any atom is -0.496 e. The topological polar surface area (TPSA) is 60.3 Å². The van der Waals surface area contributed by atoms with Gasteiger partial charge in [0.05, 0.1) is 13.7 Å². The van der Waals surface area contributed by atoms with E-state index in [9.17, 15) is 9.59 Å². The van der Waals surface area contributed by atoms with Crippen molar-refractivity contribution in [2.24, 2.45) is 0 Å². The van der Waals surface area contributed by atoms with Crippen LogP contribution in [0, 0.1) is 13.8 Å². The van der Waals surface area contributed by atoms with Crippen LogP contribution in [0.3, 0.4) is 0 Å². The normalized spacial score (nSPS) is 10.5. The van der Waals surface area contributed by atoms with Crippen molar-refractivity contribution in [3.8, 4) is 5.75 Å². The predicted molar refractivity (Wildman–Crippen MR) is 107 cm³/mol. The summed E-state index contributed by atoms with van der Waals surface area (Å²) in [4.78, 5) is 25.3. The molecule has 27 heavy (non-hydrogen) atoms. The van der Waals surface area contributed by atoms with Gasteiger partial charge in [-0.05, 0) is 32.0 Å². The van der Waals surface area contributed by atoms with E-state index >= 15 is 0 Å². The minimum atomic E-state index is -0.405. The van der Waals surface area contributed by atoms with E-state index in [4.69, 9.17) is 4.74 Å². The van der Waals surface area contributed by atoms with Gasteiger partial charge < -0.3 is 14.6 Å².